The van der Waals surface area contributed by atoms with Crippen LogP contribution in [-0.2, 0) is 18.3 Å². The van der Waals surface area contributed by atoms with Crippen molar-refractivity contribution in [1.82, 2.24) is 14.8 Å². The van der Waals surface area contributed by atoms with E-state index in [9.17, 15) is 14.0 Å². The Kier molecular flexibility index (Phi) is 4.70. The number of hydrogen-bond acceptors (Lipinski definition) is 5. The minimum atomic E-state index is -0.315. The Morgan fingerprint density at radius 2 is 1.86 bits per heavy atom. The maximum absolute atomic E-state index is 13.0. The zero-order valence-electron chi connectivity index (χ0n) is 14.8. The van der Waals surface area contributed by atoms with Crippen molar-refractivity contribution in [3.05, 3.63) is 75.8 Å². The van der Waals surface area contributed by atoms with Crippen LogP contribution >= 0.6 is 11.3 Å². The number of anilines is 1. The average molecular weight is 394 g/mol. The first-order valence-corrected chi connectivity index (χ1v) is 9.35. The predicted octanol–water partition coefficient (Wildman–Crippen LogP) is 3.38. The molecule has 1 N–H and O–H groups in total. The highest BCUT2D eigenvalue weighted by Gasteiger charge is 2.14. The number of hydrogen-bond donors (Lipinski definition) is 1. The molecule has 0 aliphatic heterocycles. The van der Waals surface area contributed by atoms with Crippen molar-refractivity contribution in [3.8, 4) is 11.3 Å². The SMILES string of the molecule is Cn1nc(CC(=O)Nc2nc(-c3ccc(F)cc3)cs2)c2ccccc2c1=O. The van der Waals surface area contributed by atoms with Crippen molar-refractivity contribution >= 4 is 33.1 Å². The lowest BCUT2D eigenvalue weighted by Crippen LogP contribution is -2.24. The number of carbonyl (C=O) groups is 1. The third-order valence-electron chi connectivity index (χ3n) is 4.25. The zero-order chi connectivity index (χ0) is 19.7. The van der Waals surface area contributed by atoms with Crippen LogP contribution in [0, 0.1) is 5.82 Å². The molecule has 0 spiro atoms. The highest BCUT2D eigenvalue weighted by Crippen LogP contribution is 2.25. The van der Waals surface area contributed by atoms with Gasteiger partial charge in [-0.15, -0.1) is 11.3 Å². The smallest absolute Gasteiger partial charge is 0.274 e. The molecule has 4 rings (SSSR count). The van der Waals surface area contributed by atoms with E-state index in [0.29, 0.717) is 27.3 Å². The van der Waals surface area contributed by atoms with E-state index in [1.54, 1.807) is 48.8 Å². The first-order chi connectivity index (χ1) is 13.5. The Bertz CT molecular complexity index is 1230. The molecule has 2 aromatic heterocycles. The van der Waals surface area contributed by atoms with Crippen molar-refractivity contribution in [2.45, 2.75) is 6.42 Å². The summed E-state index contributed by atoms with van der Waals surface area (Å²) >= 11 is 1.28. The van der Waals surface area contributed by atoms with E-state index in [1.807, 2.05) is 0 Å². The maximum atomic E-state index is 13.0. The summed E-state index contributed by atoms with van der Waals surface area (Å²) in [6.07, 6.45) is 0.0140. The molecule has 0 aliphatic carbocycles. The van der Waals surface area contributed by atoms with Crippen LogP contribution in [0.3, 0.4) is 0 Å². The Labute approximate surface area is 163 Å². The highest BCUT2D eigenvalue weighted by atomic mass is 32.1. The molecular formula is C20H15FN4O2S. The van der Waals surface area contributed by atoms with Gasteiger partial charge in [0.2, 0.25) is 5.91 Å². The Morgan fingerprint density at radius 3 is 2.61 bits per heavy atom. The number of aryl methyl sites for hydroxylation is 1. The summed E-state index contributed by atoms with van der Waals surface area (Å²) in [6, 6.07) is 13.1. The summed E-state index contributed by atoms with van der Waals surface area (Å²) in [7, 11) is 1.56. The van der Waals surface area contributed by atoms with E-state index in [-0.39, 0.29) is 23.7 Å². The van der Waals surface area contributed by atoms with Crippen LogP contribution in [-0.4, -0.2) is 20.7 Å². The van der Waals surface area contributed by atoms with E-state index in [2.05, 4.69) is 15.4 Å². The number of thiazole rings is 1. The van der Waals surface area contributed by atoms with Crippen molar-refractivity contribution in [2.75, 3.05) is 5.32 Å². The maximum Gasteiger partial charge on any atom is 0.274 e. The largest absolute Gasteiger partial charge is 0.302 e. The summed E-state index contributed by atoms with van der Waals surface area (Å²) in [4.78, 5) is 29.0. The van der Waals surface area contributed by atoms with E-state index < -0.39 is 0 Å². The van der Waals surface area contributed by atoms with Crippen LogP contribution < -0.4 is 10.9 Å². The molecule has 2 aromatic carbocycles. The first-order valence-electron chi connectivity index (χ1n) is 8.47. The number of carbonyl (C=O) groups excluding carboxylic acids is 1. The Balaban J connectivity index is 1.54. The second kappa shape index (κ2) is 7.32. The number of amides is 1. The summed E-state index contributed by atoms with van der Waals surface area (Å²) in [5.74, 6) is -0.596. The Morgan fingerprint density at radius 1 is 1.14 bits per heavy atom. The minimum absolute atomic E-state index is 0.0140. The standard InChI is InChI=1S/C20H15FN4O2S/c1-25-19(27)15-5-3-2-4-14(15)16(24-25)10-18(26)23-20-22-17(11-28-20)12-6-8-13(21)9-7-12/h2-9,11H,10H2,1H3,(H,22,23,26). The molecule has 0 aliphatic rings. The van der Waals surface area contributed by atoms with Crippen LogP contribution in [0.2, 0.25) is 0 Å². The third-order valence-corrected chi connectivity index (χ3v) is 5.01. The van der Waals surface area contributed by atoms with Gasteiger partial charge >= 0.3 is 0 Å². The third kappa shape index (κ3) is 3.54. The topological polar surface area (TPSA) is 76.9 Å². The molecule has 0 fully saturated rings. The molecule has 140 valence electrons. The number of nitrogens with one attached hydrogen (secondary N) is 1. The van der Waals surface area contributed by atoms with E-state index >= 15 is 0 Å². The molecular weight excluding hydrogens is 379 g/mol. The van der Waals surface area contributed by atoms with Gasteiger partial charge in [-0.3, -0.25) is 9.59 Å². The van der Waals surface area contributed by atoms with Crippen LogP contribution in [0.5, 0.6) is 0 Å². The van der Waals surface area contributed by atoms with Crippen molar-refractivity contribution in [2.24, 2.45) is 7.05 Å². The van der Waals surface area contributed by atoms with Crippen LogP contribution in [0.15, 0.2) is 58.7 Å². The molecule has 4 aromatic rings. The van der Waals surface area contributed by atoms with Crippen molar-refractivity contribution in [3.63, 3.8) is 0 Å². The van der Waals surface area contributed by atoms with Gasteiger partial charge in [0.05, 0.1) is 23.2 Å². The van der Waals surface area contributed by atoms with Crippen LogP contribution in [0.25, 0.3) is 22.0 Å². The number of fused-ring (bicyclic) bond motifs is 1. The molecule has 0 saturated carbocycles. The predicted molar refractivity (Wildman–Crippen MR) is 107 cm³/mol. The number of aromatic nitrogens is 3. The van der Waals surface area contributed by atoms with Crippen LogP contribution in [0.4, 0.5) is 9.52 Å². The summed E-state index contributed by atoms with van der Waals surface area (Å²) in [6.45, 7) is 0. The van der Waals surface area contributed by atoms with Gasteiger partial charge < -0.3 is 5.32 Å². The Hall–Kier alpha value is -3.39. The van der Waals surface area contributed by atoms with Gasteiger partial charge in [0.15, 0.2) is 5.13 Å². The van der Waals surface area contributed by atoms with Gasteiger partial charge in [-0.2, -0.15) is 5.10 Å². The fraction of sp³-hybridized carbons (Fsp3) is 0.100. The van der Waals surface area contributed by atoms with Crippen LogP contribution in [0.1, 0.15) is 5.69 Å². The van der Waals surface area contributed by atoms with Gasteiger partial charge in [-0.05, 0) is 30.3 Å². The fourth-order valence-electron chi connectivity index (χ4n) is 2.91. The van der Waals surface area contributed by atoms with E-state index in [1.165, 1.54) is 28.2 Å². The van der Waals surface area contributed by atoms with E-state index in [0.717, 1.165) is 5.56 Å². The fourth-order valence-corrected chi connectivity index (χ4v) is 3.64. The monoisotopic (exact) mass is 394 g/mol. The molecule has 1 amide bonds. The van der Waals surface area contributed by atoms with Gasteiger partial charge in [-0.25, -0.2) is 14.1 Å². The summed E-state index contributed by atoms with van der Waals surface area (Å²) < 4.78 is 14.3. The van der Waals surface area contributed by atoms with E-state index in [4.69, 9.17) is 0 Å². The lowest BCUT2D eigenvalue weighted by Gasteiger charge is -2.07. The number of rotatable bonds is 4. The minimum Gasteiger partial charge on any atom is -0.302 e. The van der Waals surface area contributed by atoms with Crippen molar-refractivity contribution in [1.29, 1.82) is 0 Å². The zero-order valence-corrected chi connectivity index (χ0v) is 15.7. The quantitative estimate of drug-likeness (QED) is 0.576. The molecule has 0 saturated heterocycles. The van der Waals surface area contributed by atoms with Gasteiger partial charge in [0, 0.05) is 23.4 Å². The second-order valence-electron chi connectivity index (χ2n) is 6.19. The van der Waals surface area contributed by atoms with Gasteiger partial charge in [0.25, 0.3) is 5.56 Å². The molecule has 8 heteroatoms. The number of benzene rings is 2. The molecule has 0 radical (unpaired) electrons. The highest BCUT2D eigenvalue weighted by molar-refractivity contribution is 7.14. The number of halogens is 1. The summed E-state index contributed by atoms with van der Waals surface area (Å²) in [5, 5.41) is 10.4. The average Bonchev–Trinajstić information content (AvgIpc) is 3.15. The molecule has 6 nitrogen and oxygen atoms in total. The van der Waals surface area contributed by atoms with Gasteiger partial charge in [0.1, 0.15) is 5.82 Å². The lowest BCUT2D eigenvalue weighted by atomic mass is 10.1. The lowest BCUT2D eigenvalue weighted by molar-refractivity contribution is -0.115. The normalized spacial score (nSPS) is 10.9. The molecule has 0 unspecified atom stereocenters. The van der Waals surface area contributed by atoms with Crippen molar-refractivity contribution < 1.29 is 9.18 Å². The molecule has 2 heterocycles. The number of nitrogens with zero attached hydrogens (tertiary/aromatic N) is 3. The van der Waals surface area contributed by atoms with Gasteiger partial charge in [-0.1, -0.05) is 18.2 Å². The summed E-state index contributed by atoms with van der Waals surface area (Å²) in [5.41, 5.74) is 1.74. The first kappa shape index (κ1) is 18.0. The molecule has 0 atom stereocenters. The molecule has 28 heavy (non-hydrogen) atoms. The second-order valence-corrected chi connectivity index (χ2v) is 7.05. The molecule has 0 bridgehead atoms.